The van der Waals surface area contributed by atoms with Gasteiger partial charge in [0, 0.05) is 41.7 Å². The molecule has 196 valence electrons. The first-order chi connectivity index (χ1) is 17.5. The third kappa shape index (κ3) is 7.51. The zero-order valence-electron chi connectivity index (χ0n) is 21.2. The summed E-state index contributed by atoms with van der Waals surface area (Å²) >= 11 is 12.3. The monoisotopic (exact) mass is 533 g/mol. The second kappa shape index (κ2) is 13.5. The van der Waals surface area contributed by atoms with Crippen LogP contribution in [0.15, 0.2) is 36.4 Å². The number of carbonyl (C=O) groups excluding carboxylic acids is 1. The Balaban J connectivity index is 1.30. The number of carbonyl (C=O) groups is 1. The summed E-state index contributed by atoms with van der Waals surface area (Å²) in [6.45, 7) is 8.72. The Morgan fingerprint density at radius 1 is 0.861 bits per heavy atom. The summed E-state index contributed by atoms with van der Waals surface area (Å²) in [6, 6.07) is 10.9. The molecule has 2 aromatic rings. The van der Waals surface area contributed by atoms with Gasteiger partial charge in [0.2, 0.25) is 0 Å². The molecule has 2 aliphatic rings. The first-order valence-electron chi connectivity index (χ1n) is 13.0. The maximum absolute atomic E-state index is 13.3. The van der Waals surface area contributed by atoms with E-state index in [1.165, 1.54) is 38.9 Å². The van der Waals surface area contributed by atoms with Gasteiger partial charge in [-0.1, -0.05) is 29.3 Å². The normalized spacial score (nSPS) is 17.2. The number of methoxy groups -OCH3 is 1. The number of benzene rings is 2. The van der Waals surface area contributed by atoms with Crippen molar-refractivity contribution in [3.05, 3.63) is 57.6 Å². The number of nitrogens with zero attached hydrogens (tertiary/aromatic N) is 3. The summed E-state index contributed by atoms with van der Waals surface area (Å²) in [6.07, 6.45) is 5.51. The molecule has 6 nitrogen and oxygen atoms in total. The molecule has 8 heteroatoms. The smallest absolute Gasteiger partial charge is 0.254 e. The molecule has 0 N–H and O–H groups in total. The van der Waals surface area contributed by atoms with Gasteiger partial charge in [0.25, 0.3) is 5.91 Å². The molecule has 0 radical (unpaired) electrons. The lowest BCUT2D eigenvalue weighted by atomic mass is 10.1. The minimum Gasteiger partial charge on any atom is -0.493 e. The van der Waals surface area contributed by atoms with E-state index in [4.69, 9.17) is 32.7 Å². The van der Waals surface area contributed by atoms with Gasteiger partial charge in [-0.15, -0.1) is 0 Å². The number of likely N-dealkylation sites (tertiary alicyclic amines) is 1. The zero-order valence-corrected chi connectivity index (χ0v) is 22.7. The maximum atomic E-state index is 13.3. The van der Waals surface area contributed by atoms with Crippen LogP contribution in [0.5, 0.6) is 11.5 Å². The number of halogens is 2. The van der Waals surface area contributed by atoms with Crippen LogP contribution in [-0.4, -0.2) is 86.7 Å². The van der Waals surface area contributed by atoms with Gasteiger partial charge in [0.1, 0.15) is 0 Å². The van der Waals surface area contributed by atoms with E-state index in [9.17, 15) is 4.79 Å². The highest BCUT2D eigenvalue weighted by Crippen LogP contribution is 2.29. The third-order valence-electron chi connectivity index (χ3n) is 7.08. The fourth-order valence-electron chi connectivity index (χ4n) is 5.02. The minimum absolute atomic E-state index is 0.0437. The van der Waals surface area contributed by atoms with Crippen molar-refractivity contribution in [1.82, 2.24) is 14.7 Å². The van der Waals surface area contributed by atoms with Crippen molar-refractivity contribution in [3.63, 3.8) is 0 Å². The second-order valence-electron chi connectivity index (χ2n) is 9.59. The fraction of sp³-hybridized carbons (Fsp3) is 0.536. The van der Waals surface area contributed by atoms with Crippen molar-refractivity contribution >= 4 is 29.1 Å². The maximum Gasteiger partial charge on any atom is 0.254 e. The van der Waals surface area contributed by atoms with Crippen molar-refractivity contribution in [2.24, 2.45) is 0 Å². The van der Waals surface area contributed by atoms with Crippen molar-refractivity contribution in [2.75, 3.05) is 66.1 Å². The average molecular weight is 535 g/mol. The van der Waals surface area contributed by atoms with E-state index >= 15 is 0 Å². The Morgan fingerprint density at radius 3 is 2.36 bits per heavy atom. The molecule has 0 atom stereocenters. The van der Waals surface area contributed by atoms with E-state index in [0.29, 0.717) is 40.1 Å². The van der Waals surface area contributed by atoms with Crippen LogP contribution in [0.3, 0.4) is 0 Å². The topological polar surface area (TPSA) is 45.2 Å². The second-order valence-corrected chi connectivity index (χ2v) is 10.4. The minimum atomic E-state index is 0.0437. The lowest BCUT2D eigenvalue weighted by Crippen LogP contribution is -2.36. The predicted octanol–water partition coefficient (Wildman–Crippen LogP) is 5.26. The van der Waals surface area contributed by atoms with Crippen molar-refractivity contribution in [3.8, 4) is 11.5 Å². The number of hydrogen-bond acceptors (Lipinski definition) is 5. The third-order valence-corrected chi connectivity index (χ3v) is 7.66. The number of rotatable bonds is 10. The standard InChI is InChI=1S/C28H37Cl2N3O3/c1-35-26-9-7-23(20-27(26)36-19-10-22-6-8-24(29)21-25(22)30)28(34)33-16-5-15-32(17-18-33)14-4-13-31-11-2-3-12-31/h6-9,20-21H,2-5,10-19H2,1H3. The molecule has 2 aliphatic heterocycles. The van der Waals surface area contributed by atoms with Gasteiger partial charge < -0.3 is 24.2 Å². The summed E-state index contributed by atoms with van der Waals surface area (Å²) in [5.74, 6) is 1.21. The van der Waals surface area contributed by atoms with Crippen LogP contribution in [0.1, 0.15) is 41.6 Å². The predicted molar refractivity (Wildman–Crippen MR) is 146 cm³/mol. The molecular weight excluding hydrogens is 497 g/mol. The van der Waals surface area contributed by atoms with E-state index in [0.717, 1.165) is 44.7 Å². The zero-order chi connectivity index (χ0) is 25.3. The molecule has 0 unspecified atom stereocenters. The molecule has 0 bridgehead atoms. The van der Waals surface area contributed by atoms with Gasteiger partial charge in [-0.2, -0.15) is 0 Å². The van der Waals surface area contributed by atoms with E-state index in [1.807, 2.05) is 23.1 Å². The van der Waals surface area contributed by atoms with Crippen LogP contribution in [0.4, 0.5) is 0 Å². The van der Waals surface area contributed by atoms with Gasteiger partial charge in [-0.25, -0.2) is 0 Å². The van der Waals surface area contributed by atoms with E-state index in [-0.39, 0.29) is 5.91 Å². The summed E-state index contributed by atoms with van der Waals surface area (Å²) in [5, 5.41) is 1.23. The number of amides is 1. The Morgan fingerprint density at radius 2 is 1.61 bits per heavy atom. The van der Waals surface area contributed by atoms with Crippen LogP contribution in [-0.2, 0) is 6.42 Å². The lowest BCUT2D eigenvalue weighted by molar-refractivity contribution is 0.0760. The molecule has 1 amide bonds. The summed E-state index contributed by atoms with van der Waals surface area (Å²) < 4.78 is 11.5. The van der Waals surface area contributed by atoms with Gasteiger partial charge in [-0.05, 0) is 94.3 Å². The fourth-order valence-corrected chi connectivity index (χ4v) is 5.53. The van der Waals surface area contributed by atoms with Crippen LogP contribution >= 0.6 is 23.2 Å². The molecule has 0 saturated carbocycles. The summed E-state index contributed by atoms with van der Waals surface area (Å²) in [5.41, 5.74) is 1.58. The first-order valence-corrected chi connectivity index (χ1v) is 13.8. The molecule has 0 aromatic heterocycles. The van der Waals surface area contributed by atoms with E-state index in [1.54, 1.807) is 25.3 Å². The molecule has 2 fully saturated rings. The average Bonchev–Trinajstić information content (AvgIpc) is 3.29. The van der Waals surface area contributed by atoms with Gasteiger partial charge in [0.05, 0.1) is 13.7 Å². The van der Waals surface area contributed by atoms with Crippen molar-refractivity contribution in [1.29, 1.82) is 0 Å². The Hall–Kier alpha value is -1.99. The van der Waals surface area contributed by atoms with Crippen LogP contribution < -0.4 is 9.47 Å². The molecule has 4 rings (SSSR count). The Labute approximate surface area is 225 Å². The van der Waals surface area contributed by atoms with Gasteiger partial charge >= 0.3 is 0 Å². The van der Waals surface area contributed by atoms with Crippen LogP contribution in [0.25, 0.3) is 0 Å². The van der Waals surface area contributed by atoms with Gasteiger partial charge in [0.15, 0.2) is 11.5 Å². The van der Waals surface area contributed by atoms with Crippen LogP contribution in [0.2, 0.25) is 10.0 Å². The summed E-state index contributed by atoms with van der Waals surface area (Å²) in [4.78, 5) is 20.4. The highest BCUT2D eigenvalue weighted by Gasteiger charge is 2.22. The largest absolute Gasteiger partial charge is 0.493 e. The number of hydrogen-bond donors (Lipinski definition) is 0. The number of ether oxygens (including phenoxy) is 2. The summed E-state index contributed by atoms with van der Waals surface area (Å²) in [7, 11) is 1.60. The quantitative estimate of drug-likeness (QED) is 0.416. The first kappa shape index (κ1) is 27.1. The van der Waals surface area contributed by atoms with Crippen molar-refractivity contribution in [2.45, 2.75) is 32.1 Å². The molecule has 2 saturated heterocycles. The molecule has 36 heavy (non-hydrogen) atoms. The lowest BCUT2D eigenvalue weighted by Gasteiger charge is -2.23. The molecular formula is C28H37Cl2N3O3. The highest BCUT2D eigenvalue weighted by molar-refractivity contribution is 6.35. The van der Waals surface area contributed by atoms with E-state index in [2.05, 4.69) is 9.80 Å². The van der Waals surface area contributed by atoms with E-state index < -0.39 is 0 Å². The van der Waals surface area contributed by atoms with Crippen LogP contribution in [0, 0.1) is 0 Å². The molecule has 0 spiro atoms. The van der Waals surface area contributed by atoms with Crippen molar-refractivity contribution < 1.29 is 14.3 Å². The Bertz CT molecular complexity index is 1010. The highest BCUT2D eigenvalue weighted by atomic mass is 35.5. The SMILES string of the molecule is COc1ccc(C(=O)N2CCCN(CCCN3CCCC3)CC2)cc1OCCc1ccc(Cl)cc1Cl. The molecule has 2 aromatic carbocycles. The Kier molecular flexibility index (Phi) is 10.2. The van der Waals surface area contributed by atoms with Gasteiger partial charge in [-0.3, -0.25) is 4.79 Å². The molecule has 0 aliphatic carbocycles. The molecule has 2 heterocycles.